The maximum absolute atomic E-state index is 11.3. The first-order chi connectivity index (χ1) is 17.1. The van der Waals surface area contributed by atoms with Gasteiger partial charge in [-0.1, -0.05) is 57.9 Å². The number of hydrogen-bond acceptors (Lipinski definition) is 6. The van der Waals surface area contributed by atoms with E-state index in [1.807, 2.05) is 48.5 Å². The fraction of sp³-hybridized carbons (Fsp3) is 0.483. The third-order valence-electron chi connectivity index (χ3n) is 5.58. The summed E-state index contributed by atoms with van der Waals surface area (Å²) in [6.07, 6.45) is 11.9. The van der Waals surface area contributed by atoms with Gasteiger partial charge < -0.3 is 14.2 Å². The highest BCUT2D eigenvalue weighted by atomic mass is 16.5. The van der Waals surface area contributed by atoms with Gasteiger partial charge in [-0.3, -0.25) is 0 Å². The number of ether oxygens (including phenoxy) is 3. The Kier molecular flexibility index (Phi) is 13.9. The van der Waals surface area contributed by atoms with E-state index < -0.39 is 0 Å². The smallest absolute Gasteiger partial charge is 0.333 e. The van der Waals surface area contributed by atoms with Gasteiger partial charge in [-0.15, -0.1) is 0 Å². The minimum atomic E-state index is -0.280. The molecule has 0 aliphatic heterocycles. The number of carbonyl (C=O) groups excluding carboxylic acids is 1. The Bertz CT molecular complexity index is 892. The van der Waals surface area contributed by atoms with E-state index in [-0.39, 0.29) is 5.97 Å². The van der Waals surface area contributed by atoms with E-state index >= 15 is 0 Å². The van der Waals surface area contributed by atoms with Crippen molar-refractivity contribution in [3.63, 3.8) is 0 Å². The third-order valence-corrected chi connectivity index (χ3v) is 5.58. The van der Waals surface area contributed by atoms with Gasteiger partial charge in [0.05, 0.1) is 31.7 Å². The van der Waals surface area contributed by atoms with Crippen molar-refractivity contribution in [3.8, 4) is 11.5 Å². The highest BCUT2D eigenvalue weighted by Gasteiger charge is 2.02. The van der Waals surface area contributed by atoms with Crippen molar-refractivity contribution in [2.75, 3.05) is 20.3 Å². The van der Waals surface area contributed by atoms with Crippen LogP contribution in [0.15, 0.2) is 70.9 Å². The molecule has 35 heavy (non-hydrogen) atoms. The van der Waals surface area contributed by atoms with Crippen molar-refractivity contribution >= 4 is 17.3 Å². The molecule has 0 unspecified atom stereocenters. The molecule has 6 nitrogen and oxygen atoms in total. The first kappa shape index (κ1) is 28.1. The molecule has 190 valence electrons. The Hall–Kier alpha value is -3.15. The van der Waals surface area contributed by atoms with Gasteiger partial charge in [0.15, 0.2) is 0 Å². The van der Waals surface area contributed by atoms with Gasteiger partial charge >= 0.3 is 5.97 Å². The van der Waals surface area contributed by atoms with Gasteiger partial charge in [0.2, 0.25) is 0 Å². The van der Waals surface area contributed by atoms with Crippen LogP contribution >= 0.6 is 0 Å². The van der Waals surface area contributed by atoms with Crippen LogP contribution in [0.1, 0.15) is 71.1 Å². The summed E-state index contributed by atoms with van der Waals surface area (Å²) in [5.41, 5.74) is 2.04. The second kappa shape index (κ2) is 17.3. The van der Waals surface area contributed by atoms with Crippen molar-refractivity contribution in [3.05, 3.63) is 60.7 Å². The molecule has 6 heteroatoms. The van der Waals surface area contributed by atoms with Crippen LogP contribution in [0.5, 0.6) is 11.5 Å². The monoisotopic (exact) mass is 480 g/mol. The summed E-state index contributed by atoms with van der Waals surface area (Å²) in [4.78, 5) is 11.3. The van der Waals surface area contributed by atoms with Gasteiger partial charge in [-0.25, -0.2) is 4.79 Å². The SMILES string of the molecule is C=C(C)C(=O)OCCCCCCCCCCCCOc1ccc(N=Nc2ccc(OC)cc2)cc1. The summed E-state index contributed by atoms with van der Waals surface area (Å²) in [6.45, 7) is 6.50. The zero-order valence-corrected chi connectivity index (χ0v) is 21.3. The van der Waals surface area contributed by atoms with Crippen LogP contribution in [0, 0.1) is 0 Å². The minimum Gasteiger partial charge on any atom is -0.497 e. The lowest BCUT2D eigenvalue weighted by Crippen LogP contribution is -2.05. The van der Waals surface area contributed by atoms with Crippen molar-refractivity contribution in [1.29, 1.82) is 0 Å². The Morgan fingerprint density at radius 3 is 1.57 bits per heavy atom. The molecule has 0 saturated heterocycles. The van der Waals surface area contributed by atoms with E-state index in [4.69, 9.17) is 14.2 Å². The molecule has 0 aliphatic carbocycles. The maximum atomic E-state index is 11.3. The lowest BCUT2D eigenvalue weighted by molar-refractivity contribution is -0.139. The van der Waals surface area contributed by atoms with Crippen LogP contribution in [0.3, 0.4) is 0 Å². The average Bonchev–Trinajstić information content (AvgIpc) is 2.88. The lowest BCUT2D eigenvalue weighted by Gasteiger charge is -2.06. The van der Waals surface area contributed by atoms with E-state index in [0.29, 0.717) is 12.2 Å². The summed E-state index contributed by atoms with van der Waals surface area (Å²) in [5, 5.41) is 8.50. The van der Waals surface area contributed by atoms with Gasteiger partial charge in [0.1, 0.15) is 11.5 Å². The predicted octanol–water partition coefficient (Wildman–Crippen LogP) is 8.51. The van der Waals surface area contributed by atoms with Crippen LogP contribution in [0.25, 0.3) is 0 Å². The van der Waals surface area contributed by atoms with Gasteiger partial charge in [0, 0.05) is 5.57 Å². The quantitative estimate of drug-likeness (QED) is 0.0928. The molecule has 0 bridgehead atoms. The Labute approximate surface area is 210 Å². The molecule has 0 N–H and O–H groups in total. The zero-order valence-electron chi connectivity index (χ0n) is 21.3. The number of hydrogen-bond donors (Lipinski definition) is 0. The van der Waals surface area contributed by atoms with Gasteiger partial charge in [-0.2, -0.15) is 10.2 Å². The molecular formula is C29H40N2O4. The van der Waals surface area contributed by atoms with Crippen LogP contribution in [-0.4, -0.2) is 26.3 Å². The predicted molar refractivity (Wildman–Crippen MR) is 141 cm³/mol. The number of methoxy groups -OCH3 is 1. The summed E-state index contributed by atoms with van der Waals surface area (Å²) in [7, 11) is 1.64. The molecule has 0 saturated carbocycles. The zero-order chi connectivity index (χ0) is 25.1. The van der Waals surface area contributed by atoms with E-state index in [0.717, 1.165) is 48.7 Å². The van der Waals surface area contributed by atoms with Crippen LogP contribution in [0.2, 0.25) is 0 Å². The number of rotatable bonds is 18. The van der Waals surface area contributed by atoms with Crippen molar-refractivity contribution in [1.82, 2.24) is 0 Å². The number of esters is 1. The van der Waals surface area contributed by atoms with Crippen LogP contribution in [0.4, 0.5) is 11.4 Å². The van der Waals surface area contributed by atoms with Crippen molar-refractivity contribution in [2.45, 2.75) is 71.1 Å². The fourth-order valence-corrected chi connectivity index (χ4v) is 3.47. The number of nitrogens with zero attached hydrogens (tertiary/aromatic N) is 2. The fourth-order valence-electron chi connectivity index (χ4n) is 3.47. The maximum Gasteiger partial charge on any atom is 0.333 e. The molecule has 0 radical (unpaired) electrons. The van der Waals surface area contributed by atoms with Gasteiger partial charge in [-0.05, 0) is 68.3 Å². The van der Waals surface area contributed by atoms with Crippen molar-refractivity contribution < 1.29 is 19.0 Å². The first-order valence-corrected chi connectivity index (χ1v) is 12.7. The second-order valence-corrected chi connectivity index (χ2v) is 8.69. The van der Waals surface area contributed by atoms with Crippen LogP contribution < -0.4 is 9.47 Å². The molecule has 0 heterocycles. The van der Waals surface area contributed by atoms with E-state index in [1.165, 1.54) is 44.9 Å². The van der Waals surface area contributed by atoms with E-state index in [1.54, 1.807) is 14.0 Å². The summed E-state index contributed by atoms with van der Waals surface area (Å²) >= 11 is 0. The minimum absolute atomic E-state index is 0.280. The topological polar surface area (TPSA) is 69.5 Å². The highest BCUT2D eigenvalue weighted by molar-refractivity contribution is 5.86. The molecule has 2 aromatic carbocycles. The van der Waals surface area contributed by atoms with E-state index in [2.05, 4.69) is 16.8 Å². The second-order valence-electron chi connectivity index (χ2n) is 8.69. The summed E-state index contributed by atoms with van der Waals surface area (Å²) < 4.78 is 16.1. The molecule has 0 amide bonds. The number of azo groups is 1. The normalized spacial score (nSPS) is 10.9. The molecule has 0 aromatic heterocycles. The Morgan fingerprint density at radius 1 is 0.686 bits per heavy atom. The summed E-state index contributed by atoms with van der Waals surface area (Å²) in [5.74, 6) is 1.38. The number of benzene rings is 2. The molecule has 0 fully saturated rings. The number of carbonyl (C=O) groups is 1. The summed E-state index contributed by atoms with van der Waals surface area (Å²) in [6, 6.07) is 15.2. The highest BCUT2D eigenvalue weighted by Crippen LogP contribution is 2.23. The van der Waals surface area contributed by atoms with Gasteiger partial charge in [0.25, 0.3) is 0 Å². The Morgan fingerprint density at radius 2 is 1.11 bits per heavy atom. The van der Waals surface area contributed by atoms with E-state index in [9.17, 15) is 4.79 Å². The molecule has 2 rings (SSSR count). The molecule has 0 atom stereocenters. The molecule has 2 aromatic rings. The molecule has 0 spiro atoms. The van der Waals surface area contributed by atoms with Crippen molar-refractivity contribution in [2.24, 2.45) is 10.2 Å². The molecular weight excluding hydrogens is 440 g/mol. The largest absolute Gasteiger partial charge is 0.497 e. The van der Waals surface area contributed by atoms with Crippen LogP contribution in [-0.2, 0) is 9.53 Å². The lowest BCUT2D eigenvalue weighted by atomic mass is 10.1. The number of unbranched alkanes of at least 4 members (excludes halogenated alkanes) is 9. The average molecular weight is 481 g/mol. The standard InChI is InChI=1S/C29H40N2O4/c1-24(2)29(32)35-23-13-11-9-7-5-4-6-8-10-12-22-34-28-20-16-26(17-21-28)31-30-25-14-18-27(33-3)19-15-25/h14-21H,1,4-13,22-23H2,2-3H3. The molecule has 0 aliphatic rings. The first-order valence-electron chi connectivity index (χ1n) is 12.7. The Balaban J connectivity index is 1.43. The third kappa shape index (κ3) is 12.8.